The number of nitrogens with zero attached hydrogens (tertiary/aromatic N) is 1. The number of hydrogen-bond donors (Lipinski definition) is 1. The molecule has 0 aliphatic rings. The van der Waals surface area contributed by atoms with Crippen LogP contribution in [0.2, 0.25) is 0 Å². The van der Waals surface area contributed by atoms with Crippen LogP contribution in [-0.4, -0.2) is 28.4 Å². The van der Waals surface area contributed by atoms with Crippen LogP contribution in [0.5, 0.6) is 0 Å². The normalized spacial score (nSPS) is 14.4. The van der Waals surface area contributed by atoms with E-state index in [2.05, 4.69) is 0 Å². The molecule has 0 fully saturated rings. The highest BCUT2D eigenvalue weighted by Gasteiger charge is 2.43. The highest BCUT2D eigenvalue weighted by Crippen LogP contribution is 2.34. The first-order valence-corrected chi connectivity index (χ1v) is 6.24. The molecule has 4 nitrogen and oxygen atoms in total. The zero-order valence-corrected chi connectivity index (χ0v) is 11.9. The van der Waals surface area contributed by atoms with Gasteiger partial charge in [0, 0.05) is 13.5 Å². The molecular formula is C14H16F3NO3. The fourth-order valence-electron chi connectivity index (χ4n) is 2.25. The largest absolute Gasteiger partial charge is 0.479 e. The van der Waals surface area contributed by atoms with E-state index in [0.717, 1.165) is 23.1 Å². The number of benzene rings is 1. The Morgan fingerprint density at radius 3 is 2.14 bits per heavy atom. The molecule has 0 bridgehead atoms. The molecule has 0 aromatic heterocycles. The topological polar surface area (TPSA) is 57.6 Å². The molecule has 0 spiro atoms. The van der Waals surface area contributed by atoms with Crippen molar-refractivity contribution in [3.8, 4) is 0 Å². The maximum absolute atomic E-state index is 12.8. The van der Waals surface area contributed by atoms with Crippen molar-refractivity contribution in [2.75, 3.05) is 6.54 Å². The number of alkyl halides is 3. The van der Waals surface area contributed by atoms with E-state index in [1.807, 2.05) is 0 Å². The Labute approximate surface area is 120 Å². The molecule has 7 heteroatoms. The monoisotopic (exact) mass is 303 g/mol. The Bertz CT molecular complexity index is 557. The number of halogens is 3. The third kappa shape index (κ3) is 3.17. The Hall–Kier alpha value is -2.05. The van der Waals surface area contributed by atoms with E-state index < -0.39 is 29.2 Å². The van der Waals surface area contributed by atoms with Gasteiger partial charge >= 0.3 is 12.1 Å². The fraction of sp³-hybridized carbons (Fsp3) is 0.429. The zero-order valence-electron chi connectivity index (χ0n) is 11.9. The van der Waals surface area contributed by atoms with Crippen LogP contribution in [0.1, 0.15) is 31.9 Å². The lowest BCUT2D eigenvalue weighted by Gasteiger charge is -2.37. The van der Waals surface area contributed by atoms with Crippen LogP contribution in [0.25, 0.3) is 0 Å². The molecule has 1 amide bonds. The fourth-order valence-corrected chi connectivity index (χ4v) is 2.25. The predicted molar refractivity (Wildman–Crippen MR) is 69.5 cm³/mol. The standard InChI is InChI=1S/C14H16F3NO3/c1-4-18(9(2)19)13(3,12(20)21)10-6-5-7-11(8-10)14(15,16)17/h5-8H,4H2,1-3H3,(H,20,21). The van der Waals surface area contributed by atoms with Gasteiger partial charge < -0.3 is 10.0 Å². The molecule has 0 saturated carbocycles. The van der Waals surface area contributed by atoms with Gasteiger partial charge in [0.15, 0.2) is 5.54 Å². The number of carbonyl (C=O) groups is 2. The van der Waals surface area contributed by atoms with Crippen molar-refractivity contribution < 1.29 is 27.9 Å². The zero-order chi connectivity index (χ0) is 16.4. The van der Waals surface area contributed by atoms with Gasteiger partial charge in [0.1, 0.15) is 0 Å². The maximum atomic E-state index is 12.8. The molecule has 0 heterocycles. The van der Waals surface area contributed by atoms with Crippen LogP contribution < -0.4 is 0 Å². The second-order valence-corrected chi connectivity index (χ2v) is 4.72. The number of hydrogen-bond acceptors (Lipinski definition) is 2. The van der Waals surface area contributed by atoms with Crippen molar-refractivity contribution in [1.29, 1.82) is 0 Å². The predicted octanol–water partition coefficient (Wildman–Crippen LogP) is 2.87. The summed E-state index contributed by atoms with van der Waals surface area (Å²) in [7, 11) is 0. The van der Waals surface area contributed by atoms with Gasteiger partial charge in [-0.25, -0.2) is 4.79 Å². The molecule has 1 rings (SSSR count). The first-order valence-electron chi connectivity index (χ1n) is 6.24. The maximum Gasteiger partial charge on any atom is 0.416 e. The lowest BCUT2D eigenvalue weighted by molar-refractivity contribution is -0.158. The number of rotatable bonds is 4. The Kier molecular flexibility index (Phi) is 4.65. The summed E-state index contributed by atoms with van der Waals surface area (Å²) in [5.41, 5.74) is -2.91. The molecule has 0 radical (unpaired) electrons. The molecule has 0 aliphatic heterocycles. The summed E-state index contributed by atoms with van der Waals surface area (Å²) < 4.78 is 38.3. The number of carboxylic acids is 1. The number of carboxylic acid groups (broad SMARTS) is 1. The molecule has 1 unspecified atom stereocenters. The number of amides is 1. The molecule has 1 aromatic rings. The smallest absolute Gasteiger partial charge is 0.416 e. The van der Waals surface area contributed by atoms with Crippen molar-refractivity contribution in [3.05, 3.63) is 35.4 Å². The Morgan fingerprint density at radius 1 is 1.24 bits per heavy atom. The molecule has 116 valence electrons. The number of aliphatic carboxylic acids is 1. The summed E-state index contributed by atoms with van der Waals surface area (Å²) in [6, 6.07) is 4.03. The van der Waals surface area contributed by atoms with E-state index in [1.165, 1.54) is 19.9 Å². The van der Waals surface area contributed by atoms with Crippen LogP contribution in [0.3, 0.4) is 0 Å². The van der Waals surface area contributed by atoms with Crippen molar-refractivity contribution in [2.24, 2.45) is 0 Å². The Morgan fingerprint density at radius 2 is 1.76 bits per heavy atom. The van der Waals surface area contributed by atoms with Crippen molar-refractivity contribution >= 4 is 11.9 Å². The van der Waals surface area contributed by atoms with Crippen LogP contribution in [0, 0.1) is 0 Å². The number of carbonyl (C=O) groups excluding carboxylic acids is 1. The highest BCUT2D eigenvalue weighted by atomic mass is 19.4. The second kappa shape index (κ2) is 5.75. The minimum absolute atomic E-state index is 0.0639. The molecule has 1 N–H and O–H groups in total. The second-order valence-electron chi connectivity index (χ2n) is 4.72. The highest BCUT2D eigenvalue weighted by molar-refractivity contribution is 5.87. The number of likely N-dealkylation sites (N-methyl/N-ethyl adjacent to an activating group) is 1. The molecule has 0 saturated heterocycles. The quantitative estimate of drug-likeness (QED) is 0.930. The molecule has 1 aromatic carbocycles. The van der Waals surface area contributed by atoms with E-state index in [4.69, 9.17) is 0 Å². The van der Waals surface area contributed by atoms with Crippen LogP contribution in [0.4, 0.5) is 13.2 Å². The first kappa shape index (κ1) is 17.0. The molecular weight excluding hydrogens is 287 g/mol. The first-order chi connectivity index (χ1) is 9.55. The van der Waals surface area contributed by atoms with Gasteiger partial charge in [-0.15, -0.1) is 0 Å². The van der Waals surface area contributed by atoms with E-state index in [1.54, 1.807) is 6.92 Å². The molecule has 0 aliphatic carbocycles. The van der Waals surface area contributed by atoms with Gasteiger partial charge in [-0.1, -0.05) is 12.1 Å². The van der Waals surface area contributed by atoms with Crippen molar-refractivity contribution in [2.45, 2.75) is 32.5 Å². The third-order valence-corrected chi connectivity index (χ3v) is 3.40. The Balaban J connectivity index is 3.49. The molecule has 21 heavy (non-hydrogen) atoms. The van der Waals surface area contributed by atoms with Crippen LogP contribution in [0.15, 0.2) is 24.3 Å². The van der Waals surface area contributed by atoms with E-state index in [0.29, 0.717) is 0 Å². The summed E-state index contributed by atoms with van der Waals surface area (Å²) >= 11 is 0. The van der Waals surface area contributed by atoms with Crippen LogP contribution >= 0.6 is 0 Å². The summed E-state index contributed by atoms with van der Waals surface area (Å²) in [6.45, 7) is 4.03. The summed E-state index contributed by atoms with van der Waals surface area (Å²) in [5, 5.41) is 9.45. The van der Waals surface area contributed by atoms with Crippen molar-refractivity contribution in [3.63, 3.8) is 0 Å². The van der Waals surface area contributed by atoms with Gasteiger partial charge in [0.25, 0.3) is 0 Å². The average Bonchev–Trinajstić information content (AvgIpc) is 2.37. The summed E-state index contributed by atoms with van der Waals surface area (Å²) in [6.07, 6.45) is -4.58. The average molecular weight is 303 g/mol. The molecule has 1 atom stereocenters. The minimum atomic E-state index is -4.58. The van der Waals surface area contributed by atoms with E-state index in [-0.39, 0.29) is 12.1 Å². The van der Waals surface area contributed by atoms with Gasteiger partial charge in [0.2, 0.25) is 5.91 Å². The SMILES string of the molecule is CCN(C(C)=O)C(C)(C(=O)O)c1cccc(C(F)(F)F)c1. The summed E-state index contributed by atoms with van der Waals surface area (Å²) in [4.78, 5) is 24.3. The van der Waals surface area contributed by atoms with Gasteiger partial charge in [-0.05, 0) is 31.5 Å². The van der Waals surface area contributed by atoms with Crippen molar-refractivity contribution in [1.82, 2.24) is 4.90 Å². The minimum Gasteiger partial charge on any atom is -0.479 e. The van der Waals surface area contributed by atoms with Gasteiger partial charge in [0.05, 0.1) is 5.56 Å². The lowest BCUT2D eigenvalue weighted by atomic mass is 9.88. The van der Waals surface area contributed by atoms with Gasteiger partial charge in [-0.3, -0.25) is 4.79 Å². The van der Waals surface area contributed by atoms with Gasteiger partial charge in [-0.2, -0.15) is 13.2 Å². The van der Waals surface area contributed by atoms with Crippen LogP contribution in [-0.2, 0) is 21.3 Å². The third-order valence-electron chi connectivity index (χ3n) is 3.40. The summed E-state index contributed by atoms with van der Waals surface area (Å²) in [5.74, 6) is -1.92. The van der Waals surface area contributed by atoms with E-state index >= 15 is 0 Å². The van der Waals surface area contributed by atoms with E-state index in [9.17, 15) is 27.9 Å². The lowest BCUT2D eigenvalue weighted by Crippen LogP contribution is -2.52.